The van der Waals surface area contributed by atoms with E-state index in [0.717, 1.165) is 11.3 Å². The molecule has 0 aliphatic rings. The van der Waals surface area contributed by atoms with Crippen LogP contribution >= 0.6 is 11.3 Å². The minimum Gasteiger partial charge on any atom is -0.355 e. The molecule has 9 heteroatoms. The molecule has 0 unspecified atom stereocenters. The summed E-state index contributed by atoms with van der Waals surface area (Å²) in [6.07, 6.45) is 2.82. The van der Waals surface area contributed by atoms with E-state index in [1.54, 1.807) is 31.4 Å². The molecular formula is C20H23FN4O3S. The van der Waals surface area contributed by atoms with Gasteiger partial charge in [0.25, 0.3) is 0 Å². The Bertz CT molecular complexity index is 913. The molecule has 0 bridgehead atoms. The number of rotatable bonds is 8. The van der Waals surface area contributed by atoms with Crippen molar-refractivity contribution in [1.29, 1.82) is 0 Å². The molecule has 1 aromatic carbocycles. The van der Waals surface area contributed by atoms with Gasteiger partial charge in [0.2, 0.25) is 17.7 Å². The van der Waals surface area contributed by atoms with Gasteiger partial charge >= 0.3 is 0 Å². The first kappa shape index (κ1) is 22.2. The Kier molecular flexibility index (Phi) is 8.02. The average molecular weight is 418 g/mol. The lowest BCUT2D eigenvalue weighted by Crippen LogP contribution is -2.39. The van der Waals surface area contributed by atoms with Gasteiger partial charge in [-0.05, 0) is 32.1 Å². The zero-order chi connectivity index (χ0) is 21.4. The number of thiazole rings is 1. The van der Waals surface area contributed by atoms with Crippen LogP contribution in [-0.2, 0) is 14.4 Å². The van der Waals surface area contributed by atoms with Crippen LogP contribution in [0.5, 0.6) is 0 Å². The Morgan fingerprint density at radius 3 is 2.59 bits per heavy atom. The van der Waals surface area contributed by atoms with Crippen LogP contribution in [0.4, 0.5) is 15.2 Å². The van der Waals surface area contributed by atoms with E-state index in [9.17, 15) is 18.8 Å². The molecule has 0 atom stereocenters. The molecule has 0 spiro atoms. The second-order valence-electron chi connectivity index (χ2n) is 6.00. The van der Waals surface area contributed by atoms with E-state index in [-0.39, 0.29) is 30.0 Å². The predicted molar refractivity (Wildman–Crippen MR) is 111 cm³/mol. The standard InChI is InChI=1S/C20H23FN4O3S/c1-4-22-18(27)12-24(5-2)19(28)11-10-15-13-29-20(23-15)25(14(3)26)17-9-7-6-8-16(17)21/h6-11,13H,4-5,12H2,1-3H3,(H,22,27)/b11-10+. The van der Waals surface area contributed by atoms with Crippen molar-refractivity contribution in [2.45, 2.75) is 20.8 Å². The van der Waals surface area contributed by atoms with Gasteiger partial charge in [-0.3, -0.25) is 19.3 Å². The van der Waals surface area contributed by atoms with Gasteiger partial charge in [0.15, 0.2) is 5.13 Å². The van der Waals surface area contributed by atoms with Crippen LogP contribution < -0.4 is 10.2 Å². The number of para-hydroxylation sites is 1. The first-order valence-electron chi connectivity index (χ1n) is 9.11. The molecule has 2 aromatic rings. The summed E-state index contributed by atoms with van der Waals surface area (Å²) in [4.78, 5) is 43.0. The maximum Gasteiger partial charge on any atom is 0.247 e. The van der Waals surface area contributed by atoms with Crippen LogP contribution in [0.1, 0.15) is 26.5 Å². The predicted octanol–water partition coefficient (Wildman–Crippen LogP) is 2.96. The monoisotopic (exact) mass is 418 g/mol. The van der Waals surface area contributed by atoms with E-state index in [1.807, 2.05) is 0 Å². The molecule has 0 aliphatic heterocycles. The van der Waals surface area contributed by atoms with Gasteiger partial charge in [-0.15, -0.1) is 11.3 Å². The molecule has 1 N–H and O–H groups in total. The summed E-state index contributed by atoms with van der Waals surface area (Å²) >= 11 is 1.16. The smallest absolute Gasteiger partial charge is 0.247 e. The van der Waals surface area contributed by atoms with Crippen molar-refractivity contribution in [3.63, 3.8) is 0 Å². The van der Waals surface area contributed by atoms with Crippen LogP contribution in [0, 0.1) is 5.82 Å². The number of nitrogens with zero attached hydrogens (tertiary/aromatic N) is 3. The van der Waals surface area contributed by atoms with Crippen molar-refractivity contribution in [1.82, 2.24) is 15.2 Å². The fraction of sp³-hybridized carbons (Fsp3) is 0.300. The third-order valence-corrected chi connectivity index (χ3v) is 4.75. The number of carbonyl (C=O) groups is 3. The molecular weight excluding hydrogens is 395 g/mol. The van der Waals surface area contributed by atoms with Crippen molar-refractivity contribution in [2.24, 2.45) is 0 Å². The number of nitrogens with one attached hydrogen (secondary N) is 1. The van der Waals surface area contributed by atoms with Crippen LogP contribution in [0.15, 0.2) is 35.7 Å². The summed E-state index contributed by atoms with van der Waals surface area (Å²) in [5, 5.41) is 4.61. The minimum absolute atomic E-state index is 0.0266. The van der Waals surface area contributed by atoms with Crippen molar-refractivity contribution in [3.05, 3.63) is 47.2 Å². The van der Waals surface area contributed by atoms with Crippen LogP contribution in [0.2, 0.25) is 0 Å². The normalized spacial score (nSPS) is 10.8. The maximum atomic E-state index is 14.1. The first-order chi connectivity index (χ1) is 13.9. The summed E-state index contributed by atoms with van der Waals surface area (Å²) in [6.45, 7) is 5.77. The molecule has 0 aliphatic carbocycles. The van der Waals surface area contributed by atoms with Gasteiger partial charge in [-0.2, -0.15) is 0 Å². The number of hydrogen-bond donors (Lipinski definition) is 1. The average Bonchev–Trinajstić information content (AvgIpc) is 3.14. The molecule has 7 nitrogen and oxygen atoms in total. The number of benzene rings is 1. The second kappa shape index (κ2) is 10.5. The molecule has 0 saturated carbocycles. The zero-order valence-electron chi connectivity index (χ0n) is 16.5. The molecule has 3 amide bonds. The quantitative estimate of drug-likeness (QED) is 0.668. The molecule has 0 saturated heterocycles. The highest BCUT2D eigenvalue weighted by molar-refractivity contribution is 7.14. The highest BCUT2D eigenvalue weighted by Gasteiger charge is 2.20. The summed E-state index contributed by atoms with van der Waals surface area (Å²) < 4.78 is 14.1. The summed E-state index contributed by atoms with van der Waals surface area (Å²) in [7, 11) is 0. The molecule has 1 heterocycles. The van der Waals surface area contributed by atoms with Gasteiger partial charge in [0, 0.05) is 31.5 Å². The van der Waals surface area contributed by atoms with E-state index >= 15 is 0 Å². The Labute approximate surface area is 172 Å². The largest absolute Gasteiger partial charge is 0.355 e. The lowest BCUT2D eigenvalue weighted by atomic mass is 10.3. The first-order valence-corrected chi connectivity index (χ1v) is 9.99. The number of likely N-dealkylation sites (N-methyl/N-ethyl adjacent to an activating group) is 2. The molecule has 1 aromatic heterocycles. The lowest BCUT2D eigenvalue weighted by molar-refractivity contribution is -0.132. The van der Waals surface area contributed by atoms with Gasteiger partial charge in [0.1, 0.15) is 5.82 Å². The second-order valence-corrected chi connectivity index (χ2v) is 6.84. The lowest BCUT2D eigenvalue weighted by Gasteiger charge is -2.18. The van der Waals surface area contributed by atoms with Gasteiger partial charge < -0.3 is 10.2 Å². The van der Waals surface area contributed by atoms with Gasteiger partial charge in [-0.25, -0.2) is 9.37 Å². The Hall–Kier alpha value is -3.07. The fourth-order valence-electron chi connectivity index (χ4n) is 2.53. The highest BCUT2D eigenvalue weighted by Crippen LogP contribution is 2.30. The Morgan fingerprint density at radius 2 is 1.97 bits per heavy atom. The maximum absolute atomic E-state index is 14.1. The third-order valence-electron chi connectivity index (χ3n) is 3.91. The molecule has 2 rings (SSSR count). The number of halogens is 1. The fourth-order valence-corrected chi connectivity index (χ4v) is 3.38. The number of carbonyl (C=O) groups excluding carboxylic acids is 3. The van der Waals surface area contributed by atoms with Crippen molar-refractivity contribution in [2.75, 3.05) is 24.5 Å². The number of amides is 3. The zero-order valence-corrected chi connectivity index (χ0v) is 17.3. The number of aromatic nitrogens is 1. The number of anilines is 2. The van der Waals surface area contributed by atoms with Gasteiger partial charge in [0.05, 0.1) is 17.9 Å². The van der Waals surface area contributed by atoms with E-state index < -0.39 is 5.82 Å². The molecule has 0 radical (unpaired) electrons. The Balaban J connectivity index is 2.16. The van der Waals surface area contributed by atoms with E-state index in [0.29, 0.717) is 23.9 Å². The molecule has 29 heavy (non-hydrogen) atoms. The molecule has 154 valence electrons. The number of hydrogen-bond acceptors (Lipinski definition) is 5. The van der Waals surface area contributed by atoms with Crippen LogP contribution in [0.25, 0.3) is 6.08 Å². The van der Waals surface area contributed by atoms with Crippen LogP contribution in [0.3, 0.4) is 0 Å². The molecule has 0 fully saturated rings. The highest BCUT2D eigenvalue weighted by atomic mass is 32.1. The Morgan fingerprint density at radius 1 is 1.24 bits per heavy atom. The summed E-state index contributed by atoms with van der Waals surface area (Å²) in [5.74, 6) is -1.47. The summed E-state index contributed by atoms with van der Waals surface area (Å²) in [6, 6.07) is 5.94. The van der Waals surface area contributed by atoms with Gasteiger partial charge in [-0.1, -0.05) is 12.1 Å². The SMILES string of the molecule is CCNC(=O)CN(CC)C(=O)/C=C/c1csc(N(C(C)=O)c2ccccc2F)n1. The van der Waals surface area contributed by atoms with E-state index in [2.05, 4.69) is 10.3 Å². The van der Waals surface area contributed by atoms with Crippen molar-refractivity contribution < 1.29 is 18.8 Å². The summed E-state index contributed by atoms with van der Waals surface area (Å²) in [5.41, 5.74) is 0.565. The van der Waals surface area contributed by atoms with E-state index in [4.69, 9.17) is 0 Å². The minimum atomic E-state index is -0.533. The van der Waals surface area contributed by atoms with Crippen molar-refractivity contribution in [3.8, 4) is 0 Å². The third kappa shape index (κ3) is 5.95. The topological polar surface area (TPSA) is 82.6 Å². The van der Waals surface area contributed by atoms with Crippen LogP contribution in [-0.4, -0.2) is 47.2 Å². The van der Waals surface area contributed by atoms with Crippen molar-refractivity contribution >= 4 is 46.0 Å². The van der Waals surface area contributed by atoms with E-state index in [1.165, 1.54) is 41.0 Å².